The topological polar surface area (TPSA) is 115 Å². The number of aliphatic hydroxyl groups is 1. The van der Waals surface area contributed by atoms with E-state index in [0.717, 1.165) is 17.1 Å². The minimum atomic E-state index is -0.599. The molecule has 8 nitrogen and oxygen atoms in total. The van der Waals surface area contributed by atoms with Gasteiger partial charge in [0.25, 0.3) is 0 Å². The maximum Gasteiger partial charge on any atom is 0.243 e. The molecule has 2 unspecified atom stereocenters. The Morgan fingerprint density at radius 1 is 1.03 bits per heavy atom. The van der Waals surface area contributed by atoms with E-state index in [1.807, 2.05) is 54.6 Å². The number of benzene rings is 2. The normalized spacial score (nSPS) is 11.8. The summed E-state index contributed by atoms with van der Waals surface area (Å²) in [4.78, 5) is 7.89. The molecule has 198 valence electrons. The second-order valence-corrected chi connectivity index (χ2v) is 8.17. The first kappa shape index (κ1) is 29.8. The minimum absolute atomic E-state index is 0.178. The Morgan fingerprint density at radius 2 is 1.68 bits per heavy atom. The largest absolute Gasteiger partial charge is 0.497 e. The molecule has 0 amide bonds. The number of halogens is 1. The number of hydrogen-bond acceptors (Lipinski definition) is 9. The zero-order valence-electron chi connectivity index (χ0n) is 21.4. The number of pyridine rings is 2. The van der Waals surface area contributed by atoms with Crippen molar-refractivity contribution in [1.82, 2.24) is 14.7 Å². The van der Waals surface area contributed by atoms with Crippen LogP contribution in [0.5, 0.6) is 11.6 Å². The number of methoxy groups -OCH3 is 2. The number of nitrogens with zero attached hydrogens (tertiary/aromatic N) is 2. The smallest absolute Gasteiger partial charge is 0.243 e. The first-order valence-corrected chi connectivity index (χ1v) is 12.0. The van der Waals surface area contributed by atoms with Gasteiger partial charge in [-0.3, -0.25) is 9.71 Å². The number of ether oxygens (including phenoxy) is 2. The number of nitrogens with two attached hydrogens (primary N) is 1. The minimum Gasteiger partial charge on any atom is -0.497 e. The van der Waals surface area contributed by atoms with E-state index < -0.39 is 5.95 Å². The molecule has 2 heterocycles. The zero-order valence-corrected chi connectivity index (χ0v) is 22.2. The summed E-state index contributed by atoms with van der Waals surface area (Å²) in [6.07, 6.45) is 1.30. The molecule has 0 saturated carbocycles. The number of aromatic nitrogens is 2. The summed E-state index contributed by atoms with van der Waals surface area (Å²) in [5.41, 5.74) is 8.31. The van der Waals surface area contributed by atoms with E-state index in [2.05, 4.69) is 39.7 Å². The molecule has 0 aliphatic carbocycles. The number of para-hydroxylation sites is 1. The molecule has 0 radical (unpaired) electrons. The maximum absolute atomic E-state index is 13.6. The second-order valence-electron chi connectivity index (χ2n) is 7.91. The lowest BCUT2D eigenvalue weighted by atomic mass is 10.1. The van der Waals surface area contributed by atoms with E-state index in [1.54, 1.807) is 26.3 Å². The quantitative estimate of drug-likeness (QED) is 0.168. The first-order valence-electron chi connectivity index (χ1n) is 11.6. The summed E-state index contributed by atoms with van der Waals surface area (Å²) < 4.78 is 26.5. The Hall–Kier alpha value is -3.44. The van der Waals surface area contributed by atoms with Gasteiger partial charge in [0.1, 0.15) is 11.3 Å². The summed E-state index contributed by atoms with van der Waals surface area (Å²) >= 11 is 3.99. The number of aliphatic hydroxyl groups excluding tert-OH is 1. The standard InChI is InChI=1S/C15H12FN3O.C9H13NOS.C3H9NO/c1-20-15-14-11(9-13(16)19-15)12(7-8-17-14)18-10-5-3-2-4-6-10;1-7(10-12)8-3-5-9(11-2)6-4-8;1-3(5)2-4/h2-9H,1H3,(H,17,18);3-7,10,12H,1-2H3;3,5H,2,4H2,1H3. The van der Waals surface area contributed by atoms with Crippen molar-refractivity contribution in [2.24, 2.45) is 5.73 Å². The van der Waals surface area contributed by atoms with E-state index in [0.29, 0.717) is 17.4 Å². The average molecular weight is 528 g/mol. The lowest BCUT2D eigenvalue weighted by Gasteiger charge is -2.10. The number of nitrogens with one attached hydrogen (secondary N) is 2. The Balaban J connectivity index is 0.000000241. The lowest BCUT2D eigenvalue weighted by molar-refractivity contribution is 0.203. The second kappa shape index (κ2) is 15.6. The van der Waals surface area contributed by atoms with E-state index in [9.17, 15) is 4.39 Å². The van der Waals surface area contributed by atoms with Gasteiger partial charge in [-0.15, -0.1) is 0 Å². The Kier molecular flexibility index (Phi) is 12.6. The van der Waals surface area contributed by atoms with E-state index in [-0.39, 0.29) is 18.0 Å². The average Bonchev–Trinajstić information content (AvgIpc) is 2.93. The van der Waals surface area contributed by atoms with Gasteiger partial charge < -0.3 is 25.6 Å². The van der Waals surface area contributed by atoms with Crippen LogP contribution in [0.2, 0.25) is 0 Å². The van der Waals surface area contributed by atoms with Gasteiger partial charge in [0.05, 0.1) is 20.3 Å². The van der Waals surface area contributed by atoms with Gasteiger partial charge in [0, 0.05) is 41.6 Å². The highest BCUT2D eigenvalue weighted by atomic mass is 32.1. The maximum atomic E-state index is 13.6. The van der Waals surface area contributed by atoms with Crippen LogP contribution in [0.25, 0.3) is 10.9 Å². The van der Waals surface area contributed by atoms with Crippen LogP contribution >= 0.6 is 12.8 Å². The molecule has 0 saturated heterocycles. The number of rotatable bonds is 7. The van der Waals surface area contributed by atoms with Crippen LogP contribution in [0.1, 0.15) is 25.5 Å². The molecular weight excluding hydrogens is 493 g/mol. The van der Waals surface area contributed by atoms with Crippen LogP contribution in [0.3, 0.4) is 0 Å². The third kappa shape index (κ3) is 9.51. The fraction of sp³-hybridized carbons (Fsp3) is 0.259. The Labute approximate surface area is 222 Å². The summed E-state index contributed by atoms with van der Waals surface area (Å²) in [5, 5.41) is 12.1. The highest BCUT2D eigenvalue weighted by Crippen LogP contribution is 2.29. The van der Waals surface area contributed by atoms with Gasteiger partial charge in [-0.1, -0.05) is 43.1 Å². The van der Waals surface area contributed by atoms with Crippen molar-refractivity contribution in [3.63, 3.8) is 0 Å². The highest BCUT2D eigenvalue weighted by molar-refractivity contribution is 7.78. The van der Waals surface area contributed by atoms with E-state index in [1.165, 1.54) is 18.7 Å². The Bertz CT molecular complexity index is 1210. The molecule has 5 N–H and O–H groups in total. The molecule has 10 heteroatoms. The van der Waals surface area contributed by atoms with Crippen molar-refractivity contribution in [3.8, 4) is 11.6 Å². The molecule has 0 fully saturated rings. The van der Waals surface area contributed by atoms with Crippen molar-refractivity contribution in [1.29, 1.82) is 0 Å². The molecule has 2 aromatic heterocycles. The van der Waals surface area contributed by atoms with Crippen LogP contribution in [0.15, 0.2) is 72.9 Å². The molecule has 0 aliphatic heterocycles. The highest BCUT2D eigenvalue weighted by Gasteiger charge is 2.11. The first-order chi connectivity index (χ1) is 17.8. The van der Waals surface area contributed by atoms with Crippen LogP contribution in [-0.2, 0) is 0 Å². The van der Waals surface area contributed by atoms with Crippen molar-refractivity contribution < 1.29 is 19.0 Å². The van der Waals surface area contributed by atoms with Crippen LogP contribution in [0.4, 0.5) is 15.8 Å². The van der Waals surface area contributed by atoms with E-state index >= 15 is 0 Å². The molecule has 4 rings (SSSR count). The number of fused-ring (bicyclic) bond motifs is 1. The van der Waals surface area contributed by atoms with Crippen LogP contribution in [0, 0.1) is 5.95 Å². The number of thiol groups is 1. The summed E-state index contributed by atoms with van der Waals surface area (Å²) in [6, 6.07) is 21.0. The monoisotopic (exact) mass is 527 g/mol. The molecular formula is C27H34FN5O3S. The molecule has 2 aromatic carbocycles. The number of hydrogen-bond donors (Lipinski definition) is 5. The third-order valence-electron chi connectivity index (χ3n) is 5.06. The summed E-state index contributed by atoms with van der Waals surface area (Å²) in [6.45, 7) is 4.06. The van der Waals surface area contributed by atoms with Gasteiger partial charge in [0.2, 0.25) is 11.8 Å². The third-order valence-corrected chi connectivity index (χ3v) is 5.45. The van der Waals surface area contributed by atoms with E-state index in [4.69, 9.17) is 20.3 Å². The number of anilines is 2. The van der Waals surface area contributed by atoms with Crippen molar-refractivity contribution in [3.05, 3.63) is 84.4 Å². The van der Waals surface area contributed by atoms with Gasteiger partial charge in [-0.25, -0.2) is 0 Å². The summed E-state index contributed by atoms with van der Waals surface area (Å²) in [5.74, 6) is 0.459. The fourth-order valence-electron chi connectivity index (χ4n) is 2.99. The lowest BCUT2D eigenvalue weighted by Crippen LogP contribution is -2.14. The molecule has 0 spiro atoms. The fourth-order valence-corrected chi connectivity index (χ4v) is 3.14. The summed E-state index contributed by atoms with van der Waals surface area (Å²) in [7, 11) is 3.11. The Morgan fingerprint density at radius 3 is 2.22 bits per heavy atom. The van der Waals surface area contributed by atoms with Crippen molar-refractivity contribution in [2.75, 3.05) is 26.1 Å². The van der Waals surface area contributed by atoms with Gasteiger partial charge in [0.15, 0.2) is 0 Å². The molecule has 37 heavy (non-hydrogen) atoms. The van der Waals surface area contributed by atoms with Crippen molar-refractivity contribution in [2.45, 2.75) is 26.0 Å². The predicted molar refractivity (Wildman–Crippen MR) is 150 cm³/mol. The van der Waals surface area contributed by atoms with Gasteiger partial charge >= 0.3 is 0 Å². The van der Waals surface area contributed by atoms with Crippen molar-refractivity contribution >= 4 is 35.1 Å². The predicted octanol–water partition coefficient (Wildman–Crippen LogP) is 5.04. The van der Waals surface area contributed by atoms with Crippen LogP contribution in [-0.4, -0.2) is 41.9 Å². The molecule has 0 aliphatic rings. The van der Waals surface area contributed by atoms with Gasteiger partial charge in [-0.2, -0.15) is 9.37 Å². The SMILES string of the molecule is CC(O)CN.COc1ccc(C(C)NS)cc1.COc1nc(F)cc2c(Nc3ccccc3)ccnc12. The molecule has 2 atom stereocenters. The van der Waals surface area contributed by atoms with Crippen LogP contribution < -0.4 is 25.2 Å². The zero-order chi connectivity index (χ0) is 27.2. The molecule has 0 bridgehead atoms. The molecule has 4 aromatic rings. The van der Waals surface area contributed by atoms with Gasteiger partial charge in [-0.05, 0) is 49.7 Å².